The number of rotatable bonds is 5. The van der Waals surface area contributed by atoms with Gasteiger partial charge in [-0.15, -0.1) is 0 Å². The summed E-state index contributed by atoms with van der Waals surface area (Å²) in [5.41, 5.74) is 1.05. The van der Waals surface area contributed by atoms with Gasteiger partial charge in [-0.3, -0.25) is 9.59 Å². The molecular formula is C11H10Cl2O2. The van der Waals surface area contributed by atoms with E-state index in [1.54, 1.807) is 0 Å². The van der Waals surface area contributed by atoms with Crippen molar-refractivity contribution in [2.45, 2.75) is 12.8 Å². The molecule has 0 aliphatic rings. The van der Waals surface area contributed by atoms with Crippen molar-refractivity contribution in [2.75, 3.05) is 0 Å². The van der Waals surface area contributed by atoms with Crippen molar-refractivity contribution >= 4 is 33.7 Å². The average Bonchev–Trinajstić information content (AvgIpc) is 2.18. The van der Waals surface area contributed by atoms with E-state index in [1.807, 2.05) is 30.3 Å². The van der Waals surface area contributed by atoms with E-state index in [4.69, 9.17) is 23.2 Å². The van der Waals surface area contributed by atoms with Gasteiger partial charge in [0.1, 0.15) is 5.92 Å². The molecule has 0 amide bonds. The van der Waals surface area contributed by atoms with Crippen LogP contribution in [0, 0.1) is 5.92 Å². The summed E-state index contributed by atoms with van der Waals surface area (Å²) >= 11 is 10.5. The summed E-state index contributed by atoms with van der Waals surface area (Å²) < 4.78 is 0. The Labute approximate surface area is 98.2 Å². The third kappa shape index (κ3) is 4.02. The highest BCUT2D eigenvalue weighted by Crippen LogP contribution is 2.15. The first-order chi connectivity index (χ1) is 7.11. The lowest BCUT2D eigenvalue weighted by Gasteiger charge is -2.06. The molecule has 0 saturated carbocycles. The summed E-state index contributed by atoms with van der Waals surface area (Å²) in [6.07, 6.45) is 0.969. The van der Waals surface area contributed by atoms with Crippen LogP contribution in [0.25, 0.3) is 0 Å². The quantitative estimate of drug-likeness (QED) is 0.590. The second kappa shape index (κ2) is 5.89. The molecule has 15 heavy (non-hydrogen) atoms. The zero-order chi connectivity index (χ0) is 11.3. The van der Waals surface area contributed by atoms with Gasteiger partial charge in [-0.2, -0.15) is 0 Å². The summed E-state index contributed by atoms with van der Waals surface area (Å²) in [5.74, 6) is -0.895. The number of benzene rings is 1. The molecule has 0 aromatic heterocycles. The minimum Gasteiger partial charge on any atom is -0.280 e. The van der Waals surface area contributed by atoms with Crippen LogP contribution in [-0.4, -0.2) is 10.5 Å². The molecule has 4 heteroatoms. The van der Waals surface area contributed by atoms with Gasteiger partial charge in [-0.25, -0.2) is 0 Å². The molecule has 0 radical (unpaired) electrons. The molecule has 0 aliphatic carbocycles. The normalized spacial score (nSPS) is 10.3. The van der Waals surface area contributed by atoms with Crippen LogP contribution in [0.5, 0.6) is 0 Å². The molecule has 0 unspecified atom stereocenters. The van der Waals surface area contributed by atoms with Crippen LogP contribution in [0.1, 0.15) is 12.0 Å². The summed E-state index contributed by atoms with van der Waals surface area (Å²) in [7, 11) is 0. The van der Waals surface area contributed by atoms with Gasteiger partial charge >= 0.3 is 0 Å². The predicted octanol–water partition coefficient (Wildman–Crippen LogP) is 2.77. The number of hydrogen-bond donors (Lipinski definition) is 0. The Morgan fingerprint density at radius 1 is 1.07 bits per heavy atom. The van der Waals surface area contributed by atoms with Gasteiger partial charge in [0.15, 0.2) is 0 Å². The van der Waals surface area contributed by atoms with E-state index in [0.717, 1.165) is 5.56 Å². The van der Waals surface area contributed by atoms with E-state index in [0.29, 0.717) is 12.8 Å². The monoisotopic (exact) mass is 244 g/mol. The van der Waals surface area contributed by atoms with E-state index < -0.39 is 16.4 Å². The average molecular weight is 245 g/mol. The summed E-state index contributed by atoms with van der Waals surface area (Å²) in [4.78, 5) is 21.7. The van der Waals surface area contributed by atoms with Crippen molar-refractivity contribution in [2.24, 2.45) is 5.92 Å². The van der Waals surface area contributed by atoms with Gasteiger partial charge in [0, 0.05) is 0 Å². The molecule has 1 aromatic carbocycles. The maximum absolute atomic E-state index is 10.9. The van der Waals surface area contributed by atoms with Crippen molar-refractivity contribution in [1.82, 2.24) is 0 Å². The fourth-order valence-corrected chi connectivity index (χ4v) is 1.74. The van der Waals surface area contributed by atoms with E-state index in [1.165, 1.54) is 0 Å². The van der Waals surface area contributed by atoms with Crippen LogP contribution in [0.15, 0.2) is 30.3 Å². The van der Waals surface area contributed by atoms with Gasteiger partial charge in [-0.05, 0) is 41.6 Å². The van der Waals surface area contributed by atoms with Crippen molar-refractivity contribution in [1.29, 1.82) is 0 Å². The first-order valence-corrected chi connectivity index (χ1v) is 5.29. The number of hydrogen-bond acceptors (Lipinski definition) is 2. The maximum Gasteiger partial charge on any atom is 0.233 e. The molecule has 1 aromatic rings. The molecule has 0 N–H and O–H groups in total. The standard InChI is InChI=1S/C11H10Cl2O2/c12-10(14)9(11(13)15)7-6-8-4-2-1-3-5-8/h1-5,9H,6-7H2. The second-order valence-electron chi connectivity index (χ2n) is 3.19. The smallest absolute Gasteiger partial charge is 0.233 e. The second-order valence-corrected chi connectivity index (χ2v) is 3.93. The largest absolute Gasteiger partial charge is 0.280 e. The lowest BCUT2D eigenvalue weighted by atomic mass is 10.0. The van der Waals surface area contributed by atoms with Gasteiger partial charge in [0.2, 0.25) is 10.5 Å². The van der Waals surface area contributed by atoms with E-state index in [-0.39, 0.29) is 0 Å². The van der Waals surface area contributed by atoms with Crippen LogP contribution >= 0.6 is 23.2 Å². The molecule has 80 valence electrons. The Hall–Kier alpha value is -0.860. The third-order valence-corrected chi connectivity index (χ3v) is 2.64. The minimum atomic E-state index is -0.895. The highest BCUT2D eigenvalue weighted by molar-refractivity contribution is 6.73. The topological polar surface area (TPSA) is 34.1 Å². The van der Waals surface area contributed by atoms with E-state index >= 15 is 0 Å². The minimum absolute atomic E-state index is 0.356. The fraction of sp³-hybridized carbons (Fsp3) is 0.273. The number of carbonyl (C=O) groups excluding carboxylic acids is 2. The molecule has 0 bridgehead atoms. The van der Waals surface area contributed by atoms with Crippen molar-refractivity contribution in [3.05, 3.63) is 35.9 Å². The number of aryl methyl sites for hydroxylation is 1. The SMILES string of the molecule is O=C(Cl)C(CCc1ccccc1)C(=O)Cl. The van der Waals surface area contributed by atoms with Gasteiger partial charge in [-0.1, -0.05) is 30.3 Å². The third-order valence-electron chi connectivity index (χ3n) is 2.11. The zero-order valence-corrected chi connectivity index (χ0v) is 9.46. The van der Waals surface area contributed by atoms with Crippen molar-refractivity contribution in [3.63, 3.8) is 0 Å². The molecule has 0 spiro atoms. The Kier molecular flexibility index (Phi) is 4.79. The van der Waals surface area contributed by atoms with Crippen LogP contribution in [0.3, 0.4) is 0 Å². The summed E-state index contributed by atoms with van der Waals surface area (Å²) in [5, 5.41) is -1.38. The zero-order valence-electron chi connectivity index (χ0n) is 7.95. The van der Waals surface area contributed by atoms with Crippen molar-refractivity contribution < 1.29 is 9.59 Å². The lowest BCUT2D eigenvalue weighted by Crippen LogP contribution is -2.16. The maximum atomic E-state index is 10.9. The number of halogens is 2. The van der Waals surface area contributed by atoms with E-state index in [2.05, 4.69) is 0 Å². The van der Waals surface area contributed by atoms with Gasteiger partial charge < -0.3 is 0 Å². The molecule has 2 nitrogen and oxygen atoms in total. The Morgan fingerprint density at radius 3 is 2.07 bits per heavy atom. The molecule has 0 atom stereocenters. The van der Waals surface area contributed by atoms with Crippen molar-refractivity contribution in [3.8, 4) is 0 Å². The molecule has 0 aliphatic heterocycles. The van der Waals surface area contributed by atoms with Crippen LogP contribution in [0.4, 0.5) is 0 Å². The van der Waals surface area contributed by atoms with Gasteiger partial charge in [0.05, 0.1) is 0 Å². The molecule has 0 saturated heterocycles. The highest BCUT2D eigenvalue weighted by Gasteiger charge is 2.22. The van der Waals surface area contributed by atoms with Crippen LogP contribution < -0.4 is 0 Å². The highest BCUT2D eigenvalue weighted by atomic mass is 35.5. The van der Waals surface area contributed by atoms with Crippen LogP contribution in [0.2, 0.25) is 0 Å². The molecule has 0 heterocycles. The summed E-state index contributed by atoms with van der Waals surface area (Å²) in [6.45, 7) is 0. The van der Waals surface area contributed by atoms with Gasteiger partial charge in [0.25, 0.3) is 0 Å². The Bertz CT molecular complexity index is 335. The molecule has 0 fully saturated rings. The Morgan fingerprint density at radius 2 is 1.60 bits per heavy atom. The summed E-state index contributed by atoms with van der Waals surface area (Å²) in [6, 6.07) is 9.55. The first kappa shape index (κ1) is 12.2. The number of carbonyl (C=O) groups is 2. The fourth-order valence-electron chi connectivity index (χ4n) is 1.27. The van der Waals surface area contributed by atoms with E-state index in [9.17, 15) is 9.59 Å². The lowest BCUT2D eigenvalue weighted by molar-refractivity contribution is -0.124. The Balaban J connectivity index is 2.55. The molecular weight excluding hydrogens is 235 g/mol. The molecule has 1 rings (SSSR count). The predicted molar refractivity (Wildman–Crippen MR) is 60.0 cm³/mol. The first-order valence-electron chi connectivity index (χ1n) is 4.54. The van der Waals surface area contributed by atoms with Crippen LogP contribution in [-0.2, 0) is 16.0 Å².